The fourth-order valence-corrected chi connectivity index (χ4v) is 1.10. The molecule has 0 aliphatic carbocycles. The van der Waals surface area contributed by atoms with Gasteiger partial charge in [0.25, 0.3) is 0 Å². The van der Waals surface area contributed by atoms with Crippen molar-refractivity contribution in [2.24, 2.45) is 11.7 Å². The molecule has 2 N–H and O–H groups in total. The summed E-state index contributed by atoms with van der Waals surface area (Å²) in [4.78, 5) is 21.3. The molecule has 0 fully saturated rings. The zero-order valence-corrected chi connectivity index (χ0v) is 8.37. The molecule has 0 aromatic heterocycles. The molecule has 13 heavy (non-hydrogen) atoms. The van der Waals surface area contributed by atoms with Gasteiger partial charge in [0.2, 0.25) is 0 Å². The van der Waals surface area contributed by atoms with Gasteiger partial charge >= 0.3 is 11.9 Å². The summed E-state index contributed by atoms with van der Waals surface area (Å²) in [5, 5.41) is 0. The molecule has 0 aromatic rings. The summed E-state index contributed by atoms with van der Waals surface area (Å²) in [5.74, 6) is -0.678. The van der Waals surface area contributed by atoms with Crippen LogP contribution in [0.4, 0.5) is 0 Å². The Labute approximate surface area is 78.4 Å². The van der Waals surface area contributed by atoms with Gasteiger partial charge in [0, 0.05) is 13.0 Å². The Morgan fingerprint density at radius 1 is 1.38 bits per heavy atom. The molecule has 0 amide bonds. The summed E-state index contributed by atoms with van der Waals surface area (Å²) >= 11 is 0. The van der Waals surface area contributed by atoms with Crippen molar-refractivity contribution in [3.8, 4) is 0 Å². The van der Waals surface area contributed by atoms with Crippen LogP contribution in [-0.4, -0.2) is 18.0 Å². The first-order chi connectivity index (χ1) is 5.91. The smallest absolute Gasteiger partial charge is 0.314 e. The summed E-state index contributed by atoms with van der Waals surface area (Å²) in [6.45, 7) is 5.25. The molecule has 0 radical (unpaired) electrons. The summed E-state index contributed by atoms with van der Waals surface area (Å²) in [5.41, 5.74) is 5.64. The molecule has 1 atom stereocenters. The third kappa shape index (κ3) is 7.46. The van der Waals surface area contributed by atoms with Gasteiger partial charge < -0.3 is 10.5 Å². The number of hydrogen-bond donors (Lipinski definition) is 1. The molecule has 0 aliphatic heterocycles. The summed E-state index contributed by atoms with van der Waals surface area (Å²) < 4.78 is 4.34. The maximum Gasteiger partial charge on any atom is 0.314 e. The minimum Gasteiger partial charge on any atom is -0.393 e. The van der Waals surface area contributed by atoms with Crippen LogP contribution in [0.3, 0.4) is 0 Å². The molecule has 0 heterocycles. The predicted octanol–water partition coefficient (Wildman–Crippen LogP) is 0.840. The van der Waals surface area contributed by atoms with E-state index >= 15 is 0 Å². The lowest BCUT2D eigenvalue weighted by Gasteiger charge is -2.11. The van der Waals surface area contributed by atoms with Crippen LogP contribution in [0, 0.1) is 5.92 Å². The first-order valence-electron chi connectivity index (χ1n) is 4.38. The molecule has 0 aliphatic rings. The van der Waals surface area contributed by atoms with Gasteiger partial charge in [-0.1, -0.05) is 13.8 Å². The fourth-order valence-electron chi connectivity index (χ4n) is 1.10. The Hall–Kier alpha value is -0.900. The molecular weight excluding hydrogens is 170 g/mol. The van der Waals surface area contributed by atoms with Crippen LogP contribution in [0.5, 0.6) is 0 Å². The van der Waals surface area contributed by atoms with E-state index in [9.17, 15) is 9.59 Å². The monoisotopic (exact) mass is 187 g/mol. The maximum absolute atomic E-state index is 10.9. The molecule has 1 unspecified atom stereocenters. The van der Waals surface area contributed by atoms with Gasteiger partial charge in [-0.3, -0.25) is 9.59 Å². The minimum absolute atomic E-state index is 0.109. The van der Waals surface area contributed by atoms with E-state index < -0.39 is 11.9 Å². The zero-order valence-electron chi connectivity index (χ0n) is 8.37. The highest BCUT2D eigenvalue weighted by atomic mass is 16.6. The van der Waals surface area contributed by atoms with Crippen LogP contribution in [0.15, 0.2) is 0 Å². The van der Waals surface area contributed by atoms with E-state index in [0.29, 0.717) is 5.92 Å². The van der Waals surface area contributed by atoms with E-state index in [4.69, 9.17) is 5.73 Å². The number of carbonyl (C=O) groups is 2. The molecular formula is C9H17NO3. The van der Waals surface area contributed by atoms with Crippen molar-refractivity contribution in [1.29, 1.82) is 0 Å². The molecule has 0 rings (SSSR count). The third-order valence-electron chi connectivity index (χ3n) is 1.46. The van der Waals surface area contributed by atoms with E-state index in [2.05, 4.69) is 4.74 Å². The summed E-state index contributed by atoms with van der Waals surface area (Å²) in [6, 6.07) is -0.216. The van der Waals surface area contributed by atoms with Gasteiger partial charge in [0.05, 0.1) is 6.42 Å². The van der Waals surface area contributed by atoms with E-state index in [1.54, 1.807) is 0 Å². The number of hydrogen-bond acceptors (Lipinski definition) is 4. The van der Waals surface area contributed by atoms with Crippen molar-refractivity contribution in [3.05, 3.63) is 0 Å². The van der Waals surface area contributed by atoms with Gasteiger partial charge in [-0.15, -0.1) is 0 Å². The highest BCUT2D eigenvalue weighted by molar-refractivity contribution is 5.84. The topological polar surface area (TPSA) is 69.4 Å². The second kappa shape index (κ2) is 5.70. The fraction of sp³-hybridized carbons (Fsp3) is 0.778. The number of carbonyl (C=O) groups excluding carboxylic acids is 2. The molecule has 76 valence electrons. The zero-order chi connectivity index (χ0) is 10.4. The summed E-state index contributed by atoms with van der Waals surface area (Å²) in [7, 11) is 0. The van der Waals surface area contributed by atoms with Crippen molar-refractivity contribution in [3.63, 3.8) is 0 Å². The van der Waals surface area contributed by atoms with Crippen LogP contribution in [-0.2, 0) is 14.3 Å². The predicted molar refractivity (Wildman–Crippen MR) is 48.8 cm³/mol. The Balaban J connectivity index is 3.71. The standard InChI is InChI=1S/C9H17NO3/c1-6(2)4-8(10)5-9(12)13-7(3)11/h6,8H,4-5,10H2,1-3H3. The highest BCUT2D eigenvalue weighted by Gasteiger charge is 2.13. The van der Waals surface area contributed by atoms with Crippen LogP contribution < -0.4 is 5.73 Å². The lowest BCUT2D eigenvalue weighted by molar-refractivity contribution is -0.158. The Bertz CT molecular complexity index is 189. The average Bonchev–Trinajstić information content (AvgIpc) is 1.80. The van der Waals surface area contributed by atoms with Gasteiger partial charge in [-0.2, -0.15) is 0 Å². The highest BCUT2D eigenvalue weighted by Crippen LogP contribution is 2.06. The van der Waals surface area contributed by atoms with Crippen molar-refractivity contribution < 1.29 is 14.3 Å². The Morgan fingerprint density at radius 3 is 2.31 bits per heavy atom. The van der Waals surface area contributed by atoms with E-state index in [1.807, 2.05) is 13.8 Å². The van der Waals surface area contributed by atoms with Crippen molar-refractivity contribution in [2.75, 3.05) is 0 Å². The molecule has 0 saturated carbocycles. The Morgan fingerprint density at radius 2 is 1.92 bits per heavy atom. The van der Waals surface area contributed by atoms with Crippen LogP contribution in [0.1, 0.15) is 33.6 Å². The molecule has 0 bridgehead atoms. The molecule has 4 heteroatoms. The minimum atomic E-state index is -0.582. The van der Waals surface area contributed by atoms with Crippen LogP contribution in [0.2, 0.25) is 0 Å². The third-order valence-corrected chi connectivity index (χ3v) is 1.46. The van der Waals surface area contributed by atoms with Gasteiger partial charge in [0.1, 0.15) is 0 Å². The number of nitrogens with two attached hydrogens (primary N) is 1. The number of ether oxygens (including phenoxy) is 1. The number of rotatable bonds is 4. The van der Waals surface area contributed by atoms with Crippen LogP contribution >= 0.6 is 0 Å². The first kappa shape index (κ1) is 12.1. The molecule has 0 saturated heterocycles. The summed E-state index contributed by atoms with van der Waals surface area (Å²) in [6.07, 6.45) is 0.866. The number of esters is 2. The quantitative estimate of drug-likeness (QED) is 0.523. The van der Waals surface area contributed by atoms with Crippen molar-refractivity contribution >= 4 is 11.9 Å². The van der Waals surface area contributed by atoms with Gasteiger partial charge in [0.15, 0.2) is 0 Å². The second-order valence-electron chi connectivity index (χ2n) is 3.56. The SMILES string of the molecule is CC(=O)OC(=O)CC(N)CC(C)C. The average molecular weight is 187 g/mol. The lowest BCUT2D eigenvalue weighted by Crippen LogP contribution is -2.27. The van der Waals surface area contributed by atoms with Gasteiger partial charge in [-0.25, -0.2) is 0 Å². The van der Waals surface area contributed by atoms with Crippen molar-refractivity contribution in [1.82, 2.24) is 0 Å². The molecule has 4 nitrogen and oxygen atoms in total. The maximum atomic E-state index is 10.9. The molecule has 0 spiro atoms. The molecule has 0 aromatic carbocycles. The first-order valence-corrected chi connectivity index (χ1v) is 4.38. The van der Waals surface area contributed by atoms with E-state index in [-0.39, 0.29) is 12.5 Å². The Kier molecular flexibility index (Phi) is 5.30. The second-order valence-corrected chi connectivity index (χ2v) is 3.56. The van der Waals surface area contributed by atoms with E-state index in [1.165, 1.54) is 6.92 Å². The van der Waals surface area contributed by atoms with E-state index in [0.717, 1.165) is 6.42 Å². The van der Waals surface area contributed by atoms with Crippen molar-refractivity contribution in [2.45, 2.75) is 39.7 Å². The lowest BCUT2D eigenvalue weighted by atomic mass is 10.0. The van der Waals surface area contributed by atoms with Gasteiger partial charge in [-0.05, 0) is 12.3 Å². The largest absolute Gasteiger partial charge is 0.393 e. The normalized spacial score (nSPS) is 12.7. The van der Waals surface area contributed by atoms with Crippen LogP contribution in [0.25, 0.3) is 0 Å².